The van der Waals surface area contributed by atoms with Crippen molar-refractivity contribution >= 4 is 5.78 Å². The number of carbonyl (C=O) groups is 1. The Kier molecular flexibility index (Phi) is 2.22. The fourth-order valence-corrected chi connectivity index (χ4v) is 1.38. The highest BCUT2D eigenvalue weighted by molar-refractivity contribution is 5.96. The van der Waals surface area contributed by atoms with Crippen molar-refractivity contribution < 1.29 is 4.79 Å². The molecule has 0 spiro atoms. The van der Waals surface area contributed by atoms with Crippen molar-refractivity contribution in [2.24, 2.45) is 5.41 Å². The Balaban J connectivity index is 2.90. The van der Waals surface area contributed by atoms with E-state index in [4.69, 9.17) is 0 Å². The molecular formula is C11H16O. The van der Waals surface area contributed by atoms with Gasteiger partial charge in [0.25, 0.3) is 0 Å². The van der Waals surface area contributed by atoms with E-state index in [0.717, 1.165) is 17.6 Å². The molecule has 12 heavy (non-hydrogen) atoms. The summed E-state index contributed by atoms with van der Waals surface area (Å²) < 4.78 is 0. The number of carbonyl (C=O) groups excluding carboxylic acids is 1. The Morgan fingerprint density at radius 3 is 2.67 bits per heavy atom. The van der Waals surface area contributed by atoms with Gasteiger partial charge in [-0.3, -0.25) is 4.79 Å². The molecule has 1 nitrogen and oxygen atoms in total. The Labute approximate surface area is 74.2 Å². The first-order valence-electron chi connectivity index (χ1n) is 4.32. The van der Waals surface area contributed by atoms with Gasteiger partial charge in [0, 0.05) is 6.42 Å². The van der Waals surface area contributed by atoms with Crippen LogP contribution in [-0.2, 0) is 4.79 Å². The third-order valence-corrected chi connectivity index (χ3v) is 2.88. The maximum atomic E-state index is 11.4. The third kappa shape index (κ3) is 1.50. The molecular weight excluding hydrogens is 148 g/mol. The molecule has 0 amide bonds. The lowest BCUT2D eigenvalue weighted by molar-refractivity contribution is -0.117. The molecule has 1 heteroatoms. The van der Waals surface area contributed by atoms with Gasteiger partial charge in [-0.05, 0) is 31.3 Å². The van der Waals surface area contributed by atoms with Gasteiger partial charge < -0.3 is 0 Å². The predicted molar refractivity (Wildman–Crippen MR) is 50.9 cm³/mol. The molecule has 1 rings (SSSR count). The zero-order valence-electron chi connectivity index (χ0n) is 8.11. The average Bonchev–Trinajstić information content (AvgIpc) is 1.97. The molecule has 0 aromatic carbocycles. The van der Waals surface area contributed by atoms with Gasteiger partial charge in [-0.25, -0.2) is 0 Å². The Bertz CT molecular complexity index is 260. The van der Waals surface area contributed by atoms with Crippen LogP contribution >= 0.6 is 0 Å². The first-order valence-corrected chi connectivity index (χ1v) is 4.32. The summed E-state index contributed by atoms with van der Waals surface area (Å²) in [5.74, 6) is 0.270. The quantitative estimate of drug-likeness (QED) is 0.545. The van der Waals surface area contributed by atoms with Gasteiger partial charge >= 0.3 is 0 Å². The third-order valence-electron chi connectivity index (χ3n) is 2.88. The first-order chi connectivity index (χ1) is 5.46. The summed E-state index contributed by atoms with van der Waals surface area (Å²) in [6, 6.07) is 0. The molecule has 0 aliphatic heterocycles. The topological polar surface area (TPSA) is 17.1 Å². The molecule has 0 aromatic heterocycles. The summed E-state index contributed by atoms with van der Waals surface area (Å²) in [6.45, 7) is 9.93. The molecule has 0 radical (unpaired) electrons. The first kappa shape index (κ1) is 9.24. The van der Waals surface area contributed by atoms with Crippen LogP contribution in [0.4, 0.5) is 0 Å². The lowest BCUT2D eigenvalue weighted by Gasteiger charge is -2.31. The second kappa shape index (κ2) is 2.89. The largest absolute Gasteiger partial charge is 0.295 e. The number of ketones is 1. The molecule has 0 saturated carbocycles. The van der Waals surface area contributed by atoms with Crippen molar-refractivity contribution in [1.29, 1.82) is 0 Å². The fraction of sp³-hybridized carbons (Fsp3) is 0.545. The number of Topliss-reactive ketones (excluding diaryl/α,β-unsaturated/α-hetero) is 1. The number of rotatable bonds is 1. The van der Waals surface area contributed by atoms with Crippen LogP contribution in [0.25, 0.3) is 0 Å². The van der Waals surface area contributed by atoms with Crippen molar-refractivity contribution in [3.8, 4) is 0 Å². The molecule has 1 aliphatic rings. The van der Waals surface area contributed by atoms with Crippen molar-refractivity contribution in [3.63, 3.8) is 0 Å². The van der Waals surface area contributed by atoms with E-state index < -0.39 is 0 Å². The minimum absolute atomic E-state index is 0.0105. The molecule has 0 fully saturated rings. The molecule has 0 bridgehead atoms. The second-order valence-electron chi connectivity index (χ2n) is 4.03. The van der Waals surface area contributed by atoms with Gasteiger partial charge in [0.05, 0.1) is 0 Å². The zero-order valence-corrected chi connectivity index (χ0v) is 8.11. The highest BCUT2D eigenvalue weighted by Crippen LogP contribution is 2.38. The van der Waals surface area contributed by atoms with E-state index in [1.54, 1.807) is 0 Å². The van der Waals surface area contributed by atoms with Crippen molar-refractivity contribution in [3.05, 3.63) is 23.8 Å². The monoisotopic (exact) mass is 164 g/mol. The van der Waals surface area contributed by atoms with Crippen molar-refractivity contribution in [2.75, 3.05) is 0 Å². The zero-order chi connectivity index (χ0) is 9.35. The van der Waals surface area contributed by atoms with Gasteiger partial charge in [-0.2, -0.15) is 0 Å². The van der Waals surface area contributed by atoms with Crippen LogP contribution < -0.4 is 0 Å². The smallest absolute Gasteiger partial charge is 0.159 e. The molecule has 1 atom stereocenters. The van der Waals surface area contributed by atoms with Crippen molar-refractivity contribution in [2.45, 2.75) is 33.6 Å². The van der Waals surface area contributed by atoms with Crippen LogP contribution in [-0.4, -0.2) is 5.78 Å². The highest BCUT2D eigenvalue weighted by Gasteiger charge is 2.30. The molecule has 66 valence electrons. The minimum Gasteiger partial charge on any atom is -0.295 e. The van der Waals surface area contributed by atoms with Gasteiger partial charge in [0.1, 0.15) is 0 Å². The number of hydrogen-bond acceptors (Lipinski definition) is 1. The highest BCUT2D eigenvalue weighted by atomic mass is 16.1. The SMILES string of the molecule is C=C(C)C1(C)CC=C(C)C(=O)C1. The van der Waals surface area contributed by atoms with E-state index in [1.807, 2.05) is 19.9 Å². The molecule has 0 N–H and O–H groups in total. The fourth-order valence-electron chi connectivity index (χ4n) is 1.38. The van der Waals surface area contributed by atoms with E-state index in [-0.39, 0.29) is 11.2 Å². The maximum Gasteiger partial charge on any atom is 0.159 e. The van der Waals surface area contributed by atoms with Crippen LogP contribution in [0.2, 0.25) is 0 Å². The van der Waals surface area contributed by atoms with E-state index in [2.05, 4.69) is 13.5 Å². The van der Waals surface area contributed by atoms with Crippen LogP contribution in [0.3, 0.4) is 0 Å². The maximum absolute atomic E-state index is 11.4. The van der Waals surface area contributed by atoms with Gasteiger partial charge in [-0.15, -0.1) is 0 Å². The summed E-state index contributed by atoms with van der Waals surface area (Å²) >= 11 is 0. The number of hydrogen-bond donors (Lipinski definition) is 0. The molecule has 1 aliphatic carbocycles. The summed E-state index contributed by atoms with van der Waals surface area (Å²) in [5.41, 5.74) is 2.03. The van der Waals surface area contributed by atoms with Gasteiger partial charge in [0.2, 0.25) is 0 Å². The average molecular weight is 164 g/mol. The van der Waals surface area contributed by atoms with Crippen LogP contribution in [0.1, 0.15) is 33.6 Å². The molecule has 0 saturated heterocycles. The van der Waals surface area contributed by atoms with Gasteiger partial charge in [0.15, 0.2) is 5.78 Å². The van der Waals surface area contributed by atoms with Crippen LogP contribution in [0.5, 0.6) is 0 Å². The summed E-state index contributed by atoms with van der Waals surface area (Å²) in [4.78, 5) is 11.4. The normalized spacial score (nSPS) is 29.9. The number of allylic oxidation sites excluding steroid dienone is 3. The molecule has 0 heterocycles. The van der Waals surface area contributed by atoms with E-state index >= 15 is 0 Å². The summed E-state index contributed by atoms with van der Waals surface area (Å²) in [6.07, 6.45) is 3.62. The Morgan fingerprint density at radius 2 is 2.25 bits per heavy atom. The Morgan fingerprint density at radius 1 is 1.67 bits per heavy atom. The lowest BCUT2D eigenvalue weighted by atomic mass is 9.72. The molecule has 1 unspecified atom stereocenters. The predicted octanol–water partition coefficient (Wildman–Crippen LogP) is 2.88. The summed E-state index contributed by atoms with van der Waals surface area (Å²) in [5, 5.41) is 0. The Hall–Kier alpha value is -0.850. The van der Waals surface area contributed by atoms with Gasteiger partial charge in [-0.1, -0.05) is 25.2 Å². The second-order valence-corrected chi connectivity index (χ2v) is 4.03. The summed E-state index contributed by atoms with van der Waals surface area (Å²) in [7, 11) is 0. The van der Waals surface area contributed by atoms with Crippen LogP contribution in [0.15, 0.2) is 23.8 Å². The lowest BCUT2D eigenvalue weighted by Crippen LogP contribution is -2.25. The van der Waals surface area contributed by atoms with E-state index in [9.17, 15) is 4.79 Å². The minimum atomic E-state index is 0.0105. The van der Waals surface area contributed by atoms with Crippen molar-refractivity contribution in [1.82, 2.24) is 0 Å². The van der Waals surface area contributed by atoms with E-state index in [1.165, 1.54) is 0 Å². The standard InChI is InChI=1S/C11H16O/c1-8(2)11(4)6-5-9(3)10(12)7-11/h5H,1,6-7H2,2-4H3. The molecule has 0 aromatic rings. The van der Waals surface area contributed by atoms with Crippen LogP contribution in [0, 0.1) is 5.41 Å². The van der Waals surface area contributed by atoms with E-state index in [0.29, 0.717) is 6.42 Å².